The third-order valence-electron chi connectivity index (χ3n) is 5.68. The Morgan fingerprint density at radius 3 is 2.88 bits per heavy atom. The number of benzene rings is 1. The number of aromatic amines is 2. The Morgan fingerprint density at radius 1 is 1.30 bits per heavy atom. The van der Waals surface area contributed by atoms with Gasteiger partial charge < -0.3 is 20.6 Å². The average molecular weight is 444 g/mol. The summed E-state index contributed by atoms with van der Waals surface area (Å²) in [4.78, 5) is 33.9. The van der Waals surface area contributed by atoms with Crippen LogP contribution in [0, 0.1) is 5.92 Å². The Hall–Kier alpha value is -4.14. The van der Waals surface area contributed by atoms with Crippen LogP contribution in [0.15, 0.2) is 41.3 Å². The fourth-order valence-electron chi connectivity index (χ4n) is 3.68. The molecular formula is C24H25N7O2. The Kier molecular flexibility index (Phi) is 5.29. The molecule has 9 nitrogen and oxygen atoms in total. The van der Waals surface area contributed by atoms with Crippen LogP contribution in [0.2, 0.25) is 0 Å². The average Bonchev–Trinajstić information content (AvgIpc) is 3.47. The van der Waals surface area contributed by atoms with Gasteiger partial charge in [-0.2, -0.15) is 9.61 Å². The van der Waals surface area contributed by atoms with Crippen molar-refractivity contribution in [3.8, 4) is 0 Å². The third kappa shape index (κ3) is 4.43. The van der Waals surface area contributed by atoms with E-state index in [0.29, 0.717) is 40.1 Å². The van der Waals surface area contributed by atoms with Gasteiger partial charge in [-0.3, -0.25) is 4.79 Å². The number of hydrogen-bond acceptors (Lipinski definition) is 6. The zero-order valence-corrected chi connectivity index (χ0v) is 18.3. The number of ketones is 1. The standard InChI is InChI=1S/C24H25N7O2/c1-3-20(32)16-5-4-6-18(9-16)28-21-11-22(25-12-15-7-8-15)31-23(30-21)17(13-26-31)10-19-14(2)27-24(33)29-19/h4-6,9-11,13,15,25H,2-3,7-8,12H2,1H3,(H,28,30)(H2,27,29,33)/b19-10-. The summed E-state index contributed by atoms with van der Waals surface area (Å²) in [6.45, 7) is 6.58. The molecule has 3 heterocycles. The maximum absolute atomic E-state index is 12.1. The second kappa shape index (κ2) is 8.42. The topological polar surface area (TPSA) is 120 Å². The quantitative estimate of drug-likeness (QED) is 0.310. The fraction of sp³-hybridized carbons (Fsp3) is 0.250. The largest absolute Gasteiger partial charge is 0.370 e. The van der Waals surface area contributed by atoms with Gasteiger partial charge in [-0.15, -0.1) is 0 Å². The third-order valence-corrected chi connectivity index (χ3v) is 5.68. The zero-order valence-electron chi connectivity index (χ0n) is 18.3. The van der Waals surface area contributed by atoms with E-state index in [1.807, 2.05) is 37.3 Å². The molecular weight excluding hydrogens is 418 g/mol. The van der Waals surface area contributed by atoms with Crippen molar-refractivity contribution in [1.29, 1.82) is 0 Å². The van der Waals surface area contributed by atoms with Gasteiger partial charge >= 0.3 is 5.69 Å². The van der Waals surface area contributed by atoms with E-state index in [2.05, 4.69) is 32.3 Å². The molecule has 9 heteroatoms. The van der Waals surface area contributed by atoms with Crippen molar-refractivity contribution in [3.05, 3.63) is 68.8 Å². The summed E-state index contributed by atoms with van der Waals surface area (Å²) < 4.78 is 1.75. The number of carbonyl (C=O) groups excluding carboxylic acids is 1. The molecule has 4 N–H and O–H groups in total. The number of rotatable bonds is 8. The number of nitrogens with zero attached hydrogens (tertiary/aromatic N) is 3. The molecule has 0 saturated heterocycles. The van der Waals surface area contributed by atoms with E-state index in [1.54, 1.807) is 16.8 Å². The highest BCUT2D eigenvalue weighted by atomic mass is 16.1. The predicted molar refractivity (Wildman–Crippen MR) is 128 cm³/mol. The lowest BCUT2D eigenvalue weighted by molar-refractivity contribution is 0.0988. The van der Waals surface area contributed by atoms with E-state index < -0.39 is 0 Å². The molecule has 1 saturated carbocycles. The smallest absolute Gasteiger partial charge is 0.323 e. The molecule has 0 bridgehead atoms. The van der Waals surface area contributed by atoms with Crippen molar-refractivity contribution >= 4 is 41.4 Å². The van der Waals surface area contributed by atoms with Crippen LogP contribution in [0.3, 0.4) is 0 Å². The first-order chi connectivity index (χ1) is 16.0. The van der Waals surface area contributed by atoms with Gasteiger partial charge in [-0.05, 0) is 37.0 Å². The molecule has 168 valence electrons. The molecule has 0 spiro atoms. The Labute approximate surface area is 189 Å². The van der Waals surface area contributed by atoms with Gasteiger partial charge in [0.25, 0.3) is 0 Å². The Morgan fingerprint density at radius 2 is 2.15 bits per heavy atom. The van der Waals surface area contributed by atoms with Crippen LogP contribution in [0.5, 0.6) is 0 Å². The van der Waals surface area contributed by atoms with Gasteiger partial charge in [-0.1, -0.05) is 25.6 Å². The van der Waals surface area contributed by atoms with Crippen LogP contribution in [-0.2, 0) is 0 Å². The molecule has 1 aromatic carbocycles. The highest BCUT2D eigenvalue weighted by Crippen LogP contribution is 2.30. The van der Waals surface area contributed by atoms with Crippen LogP contribution < -0.4 is 27.0 Å². The summed E-state index contributed by atoms with van der Waals surface area (Å²) in [5.74, 6) is 2.20. The number of H-pyrrole nitrogens is 2. The van der Waals surface area contributed by atoms with Gasteiger partial charge in [0.1, 0.15) is 11.6 Å². The first-order valence-corrected chi connectivity index (χ1v) is 11.0. The van der Waals surface area contributed by atoms with Crippen LogP contribution in [0.1, 0.15) is 42.1 Å². The lowest BCUT2D eigenvalue weighted by Crippen LogP contribution is -2.22. The van der Waals surface area contributed by atoms with Crippen LogP contribution >= 0.6 is 0 Å². The highest BCUT2D eigenvalue weighted by Gasteiger charge is 2.21. The molecule has 0 unspecified atom stereocenters. The molecule has 33 heavy (non-hydrogen) atoms. The van der Waals surface area contributed by atoms with Crippen LogP contribution in [0.25, 0.3) is 18.3 Å². The number of imidazole rings is 1. The highest BCUT2D eigenvalue weighted by molar-refractivity contribution is 5.96. The number of fused-ring (bicyclic) bond motifs is 1. The van der Waals surface area contributed by atoms with Crippen LogP contribution in [0.4, 0.5) is 17.3 Å². The van der Waals surface area contributed by atoms with Crippen molar-refractivity contribution in [2.75, 3.05) is 17.2 Å². The lowest BCUT2D eigenvalue weighted by Gasteiger charge is -2.12. The summed E-state index contributed by atoms with van der Waals surface area (Å²) >= 11 is 0. The lowest BCUT2D eigenvalue weighted by atomic mass is 10.1. The number of Topliss-reactive ketones (excluding diaryl/α,β-unsaturated/α-hetero) is 1. The number of carbonyl (C=O) groups is 1. The first-order valence-electron chi connectivity index (χ1n) is 11.0. The maximum Gasteiger partial charge on any atom is 0.323 e. The van der Waals surface area contributed by atoms with E-state index in [9.17, 15) is 9.59 Å². The van der Waals surface area contributed by atoms with Gasteiger partial charge in [0, 0.05) is 35.8 Å². The summed E-state index contributed by atoms with van der Waals surface area (Å²) in [6.07, 6.45) is 6.42. The molecule has 0 aliphatic heterocycles. The number of aromatic nitrogens is 5. The van der Waals surface area contributed by atoms with Gasteiger partial charge in [0.15, 0.2) is 11.4 Å². The van der Waals surface area contributed by atoms with Crippen molar-refractivity contribution in [3.63, 3.8) is 0 Å². The molecule has 0 radical (unpaired) electrons. The number of hydrogen-bond donors (Lipinski definition) is 4. The van der Waals surface area contributed by atoms with E-state index in [-0.39, 0.29) is 11.5 Å². The maximum atomic E-state index is 12.1. The molecule has 0 amide bonds. The minimum Gasteiger partial charge on any atom is -0.370 e. The van der Waals surface area contributed by atoms with Gasteiger partial charge in [0.05, 0.1) is 16.9 Å². The number of anilines is 3. The van der Waals surface area contributed by atoms with E-state index in [4.69, 9.17) is 4.98 Å². The Balaban J connectivity index is 1.57. The predicted octanol–water partition coefficient (Wildman–Crippen LogP) is 2.14. The minimum absolute atomic E-state index is 0.0889. The molecule has 4 aromatic rings. The minimum atomic E-state index is -0.314. The van der Waals surface area contributed by atoms with E-state index in [0.717, 1.165) is 23.6 Å². The summed E-state index contributed by atoms with van der Waals surface area (Å²) in [5.41, 5.74) is 2.49. The van der Waals surface area contributed by atoms with E-state index >= 15 is 0 Å². The second-order valence-electron chi connectivity index (χ2n) is 8.28. The summed E-state index contributed by atoms with van der Waals surface area (Å²) in [6, 6.07) is 9.31. The van der Waals surface area contributed by atoms with Gasteiger partial charge in [-0.25, -0.2) is 9.78 Å². The van der Waals surface area contributed by atoms with Crippen molar-refractivity contribution in [1.82, 2.24) is 24.6 Å². The molecule has 1 fully saturated rings. The molecule has 1 aliphatic carbocycles. The fourth-order valence-corrected chi connectivity index (χ4v) is 3.68. The monoisotopic (exact) mass is 443 g/mol. The normalized spacial score (nSPS) is 14.0. The molecule has 0 atom stereocenters. The zero-order chi connectivity index (χ0) is 22.9. The van der Waals surface area contributed by atoms with Gasteiger partial charge in [0.2, 0.25) is 0 Å². The van der Waals surface area contributed by atoms with Crippen molar-refractivity contribution in [2.45, 2.75) is 26.2 Å². The second-order valence-corrected chi connectivity index (χ2v) is 8.28. The van der Waals surface area contributed by atoms with Crippen molar-refractivity contribution < 1.29 is 4.79 Å². The molecule has 5 rings (SSSR count). The molecule has 3 aromatic heterocycles. The van der Waals surface area contributed by atoms with Crippen LogP contribution in [-0.4, -0.2) is 36.9 Å². The number of nitrogens with one attached hydrogen (secondary N) is 4. The first kappa shape index (κ1) is 20.7. The SMILES string of the molecule is C=c1[nH]c(=O)[nH]/c1=C\c1cnn2c(NCC3CC3)cc(Nc3cccc(C(=O)CC)c3)nc12. The molecule has 1 aliphatic rings. The van der Waals surface area contributed by atoms with E-state index in [1.165, 1.54) is 12.8 Å². The summed E-state index contributed by atoms with van der Waals surface area (Å²) in [5, 5.41) is 12.4. The summed E-state index contributed by atoms with van der Waals surface area (Å²) in [7, 11) is 0. The Bertz CT molecular complexity index is 1510. The van der Waals surface area contributed by atoms with Crippen molar-refractivity contribution in [2.24, 2.45) is 5.92 Å².